The van der Waals surface area contributed by atoms with Crippen molar-refractivity contribution < 1.29 is 22.1 Å². The van der Waals surface area contributed by atoms with Crippen LogP contribution in [0.15, 0.2) is 41.0 Å². The molecule has 0 radical (unpaired) electrons. The Hall–Kier alpha value is -1.18. The van der Waals surface area contributed by atoms with Crippen molar-refractivity contribution in [2.75, 3.05) is 0 Å². The zero-order valence-corrected chi connectivity index (χ0v) is 16.7. The molecule has 2 rings (SSSR count). The van der Waals surface area contributed by atoms with Crippen molar-refractivity contribution in [3.8, 4) is 0 Å². The first-order chi connectivity index (χ1) is 11.2. The molecule has 138 valence electrons. The van der Waals surface area contributed by atoms with Gasteiger partial charge in [-0.2, -0.15) is 0 Å². The maximum Gasteiger partial charge on any atom is 0.524 e. The predicted molar refractivity (Wildman–Crippen MR) is 97.7 cm³/mol. The summed E-state index contributed by atoms with van der Waals surface area (Å²) >= 11 is 0. The average Bonchev–Trinajstić information content (AvgIpc) is 2.67. The number of rotatable bonds is 4. The summed E-state index contributed by atoms with van der Waals surface area (Å²) in [4.78, 5) is 0.154. The summed E-state index contributed by atoms with van der Waals surface area (Å²) in [5.74, 6) is 0. The van der Waals surface area contributed by atoms with Crippen LogP contribution in [0.5, 0.6) is 0 Å². The van der Waals surface area contributed by atoms with Gasteiger partial charge in [-0.3, -0.25) is 0 Å². The molecule has 0 N–H and O–H groups in total. The molecule has 0 atom stereocenters. The van der Waals surface area contributed by atoms with Gasteiger partial charge in [0.15, 0.2) is 9.84 Å². The normalized spacial score (nSPS) is 20.8. The lowest BCUT2D eigenvalue weighted by Crippen LogP contribution is -2.41. The largest absolute Gasteiger partial charge is 0.524 e. The van der Waals surface area contributed by atoms with Crippen LogP contribution < -0.4 is 0 Å². The van der Waals surface area contributed by atoms with Gasteiger partial charge in [0, 0.05) is 0 Å². The summed E-state index contributed by atoms with van der Waals surface area (Å²) in [7, 11) is -4.98. The fraction of sp³-hybridized carbons (Fsp3) is 0.556. The smallest absolute Gasteiger partial charge is 0.398 e. The Morgan fingerprint density at radius 3 is 1.96 bits per heavy atom. The molecular formula is C18H26BFO4S. The fourth-order valence-electron chi connectivity index (χ4n) is 2.45. The number of halogens is 1. The molecule has 4 nitrogen and oxygen atoms in total. The number of aryl methyl sites for hydroxylation is 1. The van der Waals surface area contributed by atoms with Crippen LogP contribution >= 0.6 is 0 Å². The molecule has 1 fully saturated rings. The van der Waals surface area contributed by atoms with Gasteiger partial charge in [-0.05, 0) is 66.7 Å². The summed E-state index contributed by atoms with van der Waals surface area (Å²) in [6.07, 6.45) is 1.07. The first kappa shape index (κ1) is 20.1. The third-order valence-corrected chi connectivity index (χ3v) is 7.38. The van der Waals surface area contributed by atoms with Crippen molar-refractivity contribution in [1.29, 1.82) is 0 Å². The Morgan fingerprint density at radius 1 is 1.08 bits per heavy atom. The van der Waals surface area contributed by atoms with E-state index in [1.54, 1.807) is 12.1 Å². The molecule has 0 aliphatic carbocycles. The van der Waals surface area contributed by atoms with Crippen LogP contribution in [-0.4, -0.2) is 31.5 Å². The molecule has 1 heterocycles. The maximum atomic E-state index is 14.7. The van der Waals surface area contributed by atoms with Gasteiger partial charge in [0.1, 0.15) is 5.73 Å². The Labute approximate surface area is 150 Å². The monoisotopic (exact) mass is 368 g/mol. The SMILES string of the molecule is Cc1ccc(S(=O)(=O)C(C)(C)C=C(F)B2OC(C)(C)C(C)(C)O2)cc1. The molecule has 0 unspecified atom stereocenters. The Kier molecular flexibility index (Phi) is 5.01. The predicted octanol–water partition coefficient (Wildman–Crippen LogP) is 4.03. The minimum absolute atomic E-state index is 0.154. The molecule has 25 heavy (non-hydrogen) atoms. The highest BCUT2D eigenvalue weighted by molar-refractivity contribution is 7.93. The van der Waals surface area contributed by atoms with E-state index in [2.05, 4.69) is 0 Å². The van der Waals surface area contributed by atoms with Crippen LogP contribution in [0, 0.1) is 6.92 Å². The van der Waals surface area contributed by atoms with Gasteiger partial charge in [0.2, 0.25) is 0 Å². The van der Waals surface area contributed by atoms with Crippen LogP contribution in [0.3, 0.4) is 0 Å². The lowest BCUT2D eigenvalue weighted by molar-refractivity contribution is 0.00578. The van der Waals surface area contributed by atoms with E-state index in [1.807, 2.05) is 34.6 Å². The van der Waals surface area contributed by atoms with Crippen LogP contribution in [0.1, 0.15) is 47.1 Å². The van der Waals surface area contributed by atoms with Crippen molar-refractivity contribution in [1.82, 2.24) is 0 Å². The second kappa shape index (κ2) is 6.22. The minimum atomic E-state index is -3.76. The van der Waals surface area contributed by atoms with Gasteiger partial charge in [-0.15, -0.1) is 0 Å². The summed E-state index contributed by atoms with van der Waals surface area (Å²) in [6.45, 7) is 12.1. The van der Waals surface area contributed by atoms with Gasteiger partial charge in [-0.1, -0.05) is 17.7 Å². The van der Waals surface area contributed by atoms with E-state index >= 15 is 0 Å². The molecule has 0 amide bonds. The van der Waals surface area contributed by atoms with E-state index in [-0.39, 0.29) is 4.90 Å². The van der Waals surface area contributed by atoms with Crippen LogP contribution in [0.4, 0.5) is 4.39 Å². The molecule has 1 saturated heterocycles. The highest BCUT2D eigenvalue weighted by atomic mass is 32.2. The van der Waals surface area contributed by atoms with E-state index in [9.17, 15) is 12.8 Å². The average molecular weight is 368 g/mol. The number of benzene rings is 1. The van der Waals surface area contributed by atoms with Gasteiger partial charge in [0.25, 0.3) is 0 Å². The molecule has 0 saturated carbocycles. The van der Waals surface area contributed by atoms with Gasteiger partial charge >= 0.3 is 7.12 Å². The molecule has 0 aromatic heterocycles. The third kappa shape index (κ3) is 3.69. The highest BCUT2D eigenvalue weighted by Crippen LogP contribution is 2.39. The minimum Gasteiger partial charge on any atom is -0.398 e. The Bertz CT molecular complexity index is 764. The lowest BCUT2D eigenvalue weighted by atomic mass is 9.86. The zero-order valence-electron chi connectivity index (χ0n) is 15.9. The molecule has 1 aliphatic heterocycles. The maximum absolute atomic E-state index is 14.7. The van der Waals surface area contributed by atoms with E-state index < -0.39 is 38.6 Å². The Balaban J connectivity index is 2.33. The molecule has 1 aromatic rings. The molecule has 0 spiro atoms. The quantitative estimate of drug-likeness (QED) is 0.753. The third-order valence-electron chi connectivity index (χ3n) is 4.99. The molecular weight excluding hydrogens is 342 g/mol. The van der Waals surface area contributed by atoms with Gasteiger partial charge in [0.05, 0.1) is 20.8 Å². The standard InChI is InChI=1S/C18H26BFO4S/c1-13-8-10-14(11-9-13)25(21,22)16(2,3)12-15(20)19-23-17(4,5)18(6,7)24-19/h8-12H,1-7H3. The highest BCUT2D eigenvalue weighted by Gasteiger charge is 2.53. The van der Waals surface area contributed by atoms with Crippen LogP contribution in [0.25, 0.3) is 0 Å². The van der Waals surface area contributed by atoms with E-state index in [4.69, 9.17) is 9.31 Å². The number of hydrogen-bond donors (Lipinski definition) is 0. The van der Waals surface area contributed by atoms with Crippen molar-refractivity contribution in [2.24, 2.45) is 0 Å². The topological polar surface area (TPSA) is 52.6 Å². The Morgan fingerprint density at radius 2 is 1.52 bits per heavy atom. The van der Waals surface area contributed by atoms with E-state index in [0.29, 0.717) is 0 Å². The number of hydrogen-bond acceptors (Lipinski definition) is 4. The van der Waals surface area contributed by atoms with Crippen molar-refractivity contribution >= 4 is 17.0 Å². The summed E-state index contributed by atoms with van der Waals surface area (Å²) in [5.41, 5.74) is -1.17. The molecule has 7 heteroatoms. The summed E-state index contributed by atoms with van der Waals surface area (Å²) < 4.78 is 50.3. The number of sulfone groups is 1. The zero-order chi connectivity index (χ0) is 19.3. The fourth-order valence-corrected chi connectivity index (χ4v) is 3.82. The van der Waals surface area contributed by atoms with Crippen LogP contribution in [0.2, 0.25) is 0 Å². The second-order valence-corrected chi connectivity index (χ2v) is 10.6. The summed E-state index contributed by atoms with van der Waals surface area (Å²) in [6, 6.07) is 6.51. The molecule has 1 aromatic carbocycles. The van der Waals surface area contributed by atoms with E-state index in [1.165, 1.54) is 26.0 Å². The summed E-state index contributed by atoms with van der Waals surface area (Å²) in [5, 5.41) is 0. The van der Waals surface area contributed by atoms with Gasteiger partial charge < -0.3 is 9.31 Å². The van der Waals surface area contributed by atoms with E-state index in [0.717, 1.165) is 11.6 Å². The van der Waals surface area contributed by atoms with Gasteiger partial charge in [-0.25, -0.2) is 12.8 Å². The lowest BCUT2D eigenvalue weighted by Gasteiger charge is -2.32. The molecule has 0 bridgehead atoms. The first-order valence-electron chi connectivity index (χ1n) is 8.25. The molecule has 1 aliphatic rings. The second-order valence-electron chi connectivity index (χ2n) is 8.04. The van der Waals surface area contributed by atoms with Crippen molar-refractivity contribution in [3.05, 3.63) is 41.6 Å². The van der Waals surface area contributed by atoms with Crippen molar-refractivity contribution in [3.63, 3.8) is 0 Å². The first-order valence-corrected chi connectivity index (χ1v) is 9.73. The van der Waals surface area contributed by atoms with Crippen LogP contribution in [-0.2, 0) is 19.1 Å². The van der Waals surface area contributed by atoms with Crippen molar-refractivity contribution in [2.45, 2.75) is 69.3 Å².